The Hall–Kier alpha value is -1.97. The second-order valence-electron chi connectivity index (χ2n) is 7.06. The Kier molecular flexibility index (Phi) is 7.85. The fourth-order valence-corrected chi connectivity index (χ4v) is 4.87. The summed E-state index contributed by atoms with van der Waals surface area (Å²) in [7, 11) is 4.06. The molecule has 3 atom stereocenters. The zero-order valence-electron chi connectivity index (χ0n) is 16.7. The summed E-state index contributed by atoms with van der Waals surface area (Å²) in [6.07, 6.45) is -0.912. The van der Waals surface area contributed by atoms with Crippen LogP contribution < -0.4 is 5.73 Å². The van der Waals surface area contributed by atoms with E-state index in [4.69, 9.17) is 15.6 Å². The Labute approximate surface area is 184 Å². The average Bonchev–Trinajstić information content (AvgIpc) is 3.19. The molecule has 2 unspecified atom stereocenters. The molecule has 0 fully saturated rings. The zero-order valence-corrected chi connectivity index (χ0v) is 18.3. The molecule has 3 rings (SSSR count). The summed E-state index contributed by atoms with van der Waals surface area (Å²) in [6, 6.07) is 17.0. The van der Waals surface area contributed by atoms with E-state index in [1.165, 1.54) is 11.8 Å². The van der Waals surface area contributed by atoms with Gasteiger partial charge in [-0.2, -0.15) is 0 Å². The van der Waals surface area contributed by atoms with Gasteiger partial charge in [0.15, 0.2) is 0 Å². The number of fused-ring (bicyclic) bond motifs is 1. The van der Waals surface area contributed by atoms with Crippen LogP contribution in [0.3, 0.4) is 0 Å². The van der Waals surface area contributed by atoms with Gasteiger partial charge in [0, 0.05) is 0 Å². The number of nitrogens with two attached hydrogens (primary N) is 1. The number of benzene rings is 2. The van der Waals surface area contributed by atoms with Crippen molar-refractivity contribution >= 4 is 51.4 Å². The molecule has 156 valence electrons. The number of carboxylic acid groups (broad SMARTS) is 1. The van der Waals surface area contributed by atoms with Gasteiger partial charge in [0.2, 0.25) is 0 Å². The minimum atomic E-state index is -1.02. The summed E-state index contributed by atoms with van der Waals surface area (Å²) in [4.78, 5) is 12.7. The van der Waals surface area contributed by atoms with Gasteiger partial charge in [0.1, 0.15) is 0 Å². The summed E-state index contributed by atoms with van der Waals surface area (Å²) < 4.78 is 6.73. The van der Waals surface area contributed by atoms with E-state index in [0.29, 0.717) is 6.61 Å². The first-order valence-electron chi connectivity index (χ1n) is 9.52. The molecule has 1 heterocycles. The van der Waals surface area contributed by atoms with Crippen LogP contribution in [0.5, 0.6) is 0 Å². The maximum atomic E-state index is 10.9. The summed E-state index contributed by atoms with van der Waals surface area (Å²) in [5.41, 5.74) is 7.57. The third kappa shape index (κ3) is 5.80. The molecular formula is C22H24BNO4S2. The van der Waals surface area contributed by atoms with Crippen LogP contribution in [0, 0.1) is 0 Å². The molecule has 30 heavy (non-hydrogen) atoms. The first-order chi connectivity index (χ1) is 14.3. The van der Waals surface area contributed by atoms with Gasteiger partial charge in [-0.3, -0.25) is 0 Å². The normalized spacial score (nSPS) is 14.3. The monoisotopic (exact) mass is 441 g/mol. The van der Waals surface area contributed by atoms with Crippen LogP contribution in [0.4, 0.5) is 0 Å². The van der Waals surface area contributed by atoms with Crippen LogP contribution in [0.25, 0.3) is 10.1 Å². The number of aliphatic carboxylic acids is 1. The molecule has 0 saturated carbocycles. The number of aliphatic hydroxyl groups excluding tert-OH is 1. The number of hydrogen-bond acceptors (Lipinski definition) is 6. The Morgan fingerprint density at radius 2 is 1.97 bits per heavy atom. The molecule has 0 bridgehead atoms. The van der Waals surface area contributed by atoms with Gasteiger partial charge in [-0.15, -0.1) is 0 Å². The first kappa shape index (κ1) is 22.7. The van der Waals surface area contributed by atoms with Crippen LogP contribution in [0.15, 0.2) is 54.6 Å². The molecule has 8 heteroatoms. The second kappa shape index (κ2) is 10.4. The number of hydrogen-bond donors (Lipinski definition) is 3. The number of ether oxygens (including phenoxy) is 1. The van der Waals surface area contributed by atoms with Crippen molar-refractivity contribution in [1.82, 2.24) is 0 Å². The molecular weight excluding hydrogens is 417 g/mol. The Morgan fingerprint density at radius 3 is 2.67 bits per heavy atom. The molecule has 0 amide bonds. The van der Waals surface area contributed by atoms with Gasteiger partial charge in [0.25, 0.3) is 0 Å². The fraction of sp³-hybridized carbons (Fsp3) is 0.273. The molecule has 5 nitrogen and oxygen atoms in total. The van der Waals surface area contributed by atoms with Crippen LogP contribution >= 0.6 is 23.1 Å². The predicted molar refractivity (Wildman–Crippen MR) is 127 cm³/mol. The van der Waals surface area contributed by atoms with E-state index >= 15 is 0 Å². The van der Waals surface area contributed by atoms with Crippen molar-refractivity contribution in [3.8, 4) is 0 Å². The van der Waals surface area contributed by atoms with Gasteiger partial charge in [0.05, 0.1) is 0 Å². The number of thiophene rings is 1. The number of aliphatic hydroxyl groups is 1. The van der Waals surface area contributed by atoms with Crippen molar-refractivity contribution in [1.29, 1.82) is 0 Å². The number of rotatable bonds is 10. The predicted octanol–water partition coefficient (Wildman–Crippen LogP) is 3.06. The van der Waals surface area contributed by atoms with Crippen molar-refractivity contribution in [2.75, 3.05) is 5.75 Å². The molecule has 0 spiro atoms. The van der Waals surface area contributed by atoms with Crippen LogP contribution in [0.1, 0.15) is 28.8 Å². The van der Waals surface area contributed by atoms with Gasteiger partial charge >= 0.3 is 167 Å². The summed E-state index contributed by atoms with van der Waals surface area (Å²) in [5.74, 6) is -0.927. The van der Waals surface area contributed by atoms with E-state index < -0.39 is 18.3 Å². The third-order valence-electron chi connectivity index (χ3n) is 4.79. The molecule has 0 saturated heterocycles. The second-order valence-corrected chi connectivity index (χ2v) is 9.26. The van der Waals surface area contributed by atoms with Crippen LogP contribution in [-0.4, -0.2) is 46.6 Å². The van der Waals surface area contributed by atoms with E-state index in [1.807, 2.05) is 55.5 Å². The van der Waals surface area contributed by atoms with Crippen molar-refractivity contribution in [3.63, 3.8) is 0 Å². The molecule has 3 aromatic rings. The molecule has 0 aliphatic rings. The van der Waals surface area contributed by atoms with Gasteiger partial charge in [-0.1, -0.05) is 18.2 Å². The number of thioether (sulfide) groups is 1. The molecule has 2 aromatic carbocycles. The van der Waals surface area contributed by atoms with Gasteiger partial charge in [-0.05, 0) is 0 Å². The topological polar surface area (TPSA) is 92.8 Å². The SMILES string of the molecule is B=C(SCC(N)C(=O)O)c1cc2ccc([C@@H](C)C(O)OCc3ccccc3)cc2s1. The summed E-state index contributed by atoms with van der Waals surface area (Å²) >= 11 is 2.94. The van der Waals surface area contributed by atoms with Crippen LogP contribution in [0.2, 0.25) is 0 Å². The van der Waals surface area contributed by atoms with Gasteiger partial charge in [-0.25, -0.2) is 0 Å². The summed E-state index contributed by atoms with van der Waals surface area (Å²) in [6.45, 7) is 2.29. The van der Waals surface area contributed by atoms with Crippen molar-refractivity contribution in [2.45, 2.75) is 31.8 Å². The van der Waals surface area contributed by atoms with Crippen molar-refractivity contribution in [3.05, 3.63) is 70.6 Å². The third-order valence-corrected chi connectivity index (χ3v) is 7.17. The first-order valence-corrected chi connectivity index (χ1v) is 11.3. The standard InChI is InChI=1S/C22H24BNO4S2/c1-13(22(27)28-11-14-5-3-2-4-6-14)15-7-8-16-10-19(30-18(16)9-15)20(23)29-12-17(24)21(25)26/h2-10,13,17,22-23,27H,11-12,24H2,1H3,(H,25,26)/t13-,17?,22?/m1/s1. The fourth-order valence-electron chi connectivity index (χ4n) is 2.87. The van der Waals surface area contributed by atoms with Crippen molar-refractivity contribution in [2.24, 2.45) is 5.73 Å². The number of carboxylic acids is 1. The molecule has 1 aromatic heterocycles. The van der Waals surface area contributed by atoms with Crippen molar-refractivity contribution < 1.29 is 19.7 Å². The zero-order chi connectivity index (χ0) is 21.7. The molecule has 0 aliphatic heterocycles. The van der Waals surface area contributed by atoms with E-state index in [1.54, 1.807) is 11.3 Å². The Morgan fingerprint density at radius 1 is 1.23 bits per heavy atom. The number of carbonyl (C=O) groups is 1. The molecule has 4 N–H and O–H groups in total. The minimum absolute atomic E-state index is 0.185. The quantitative estimate of drug-likeness (QED) is 0.331. The average molecular weight is 441 g/mol. The van der Waals surface area contributed by atoms with E-state index in [-0.39, 0.29) is 11.7 Å². The van der Waals surface area contributed by atoms with E-state index in [0.717, 1.165) is 30.9 Å². The van der Waals surface area contributed by atoms with E-state index in [9.17, 15) is 9.90 Å². The van der Waals surface area contributed by atoms with Gasteiger partial charge < -0.3 is 0 Å². The van der Waals surface area contributed by atoms with Crippen LogP contribution in [-0.2, 0) is 16.1 Å². The van der Waals surface area contributed by atoms with E-state index in [2.05, 4.69) is 13.6 Å². The Bertz CT molecular complexity index is 1020. The summed E-state index contributed by atoms with van der Waals surface area (Å²) in [5, 5.41) is 20.5. The maximum absolute atomic E-state index is 10.9. The molecule has 0 radical (unpaired) electrons. The Balaban J connectivity index is 1.65. The molecule has 0 aliphatic carbocycles.